The van der Waals surface area contributed by atoms with E-state index in [1.54, 1.807) is 0 Å². The van der Waals surface area contributed by atoms with Gasteiger partial charge in [0.25, 0.3) is 6.43 Å². The normalized spacial score (nSPS) is 10.6. The number of carbonyl (C=O) groups excluding carboxylic acids is 1. The highest BCUT2D eigenvalue weighted by Crippen LogP contribution is 2.30. The second kappa shape index (κ2) is 3.92. The first-order chi connectivity index (χ1) is 6.43. The SMILES string of the molecule is CC(=O)c1cc(N)c(C(F)F)cc1Cl. The quantitative estimate of drug-likeness (QED) is 0.614. The van der Waals surface area contributed by atoms with E-state index in [9.17, 15) is 13.6 Å². The Morgan fingerprint density at radius 3 is 2.50 bits per heavy atom. The van der Waals surface area contributed by atoms with E-state index in [0.29, 0.717) is 0 Å². The van der Waals surface area contributed by atoms with E-state index in [1.165, 1.54) is 13.0 Å². The van der Waals surface area contributed by atoms with Crippen LogP contribution in [0.1, 0.15) is 29.3 Å². The van der Waals surface area contributed by atoms with Gasteiger partial charge in [-0.15, -0.1) is 0 Å². The molecule has 76 valence electrons. The van der Waals surface area contributed by atoms with E-state index in [4.69, 9.17) is 17.3 Å². The first kappa shape index (κ1) is 10.9. The van der Waals surface area contributed by atoms with Gasteiger partial charge in [-0.3, -0.25) is 4.79 Å². The van der Waals surface area contributed by atoms with Crippen LogP contribution >= 0.6 is 11.6 Å². The van der Waals surface area contributed by atoms with Crippen molar-refractivity contribution in [1.29, 1.82) is 0 Å². The molecule has 0 aliphatic heterocycles. The van der Waals surface area contributed by atoms with Gasteiger partial charge in [-0.1, -0.05) is 11.6 Å². The highest BCUT2D eigenvalue weighted by Gasteiger charge is 2.15. The third kappa shape index (κ3) is 2.01. The summed E-state index contributed by atoms with van der Waals surface area (Å²) in [4.78, 5) is 11.0. The summed E-state index contributed by atoms with van der Waals surface area (Å²) in [7, 11) is 0. The summed E-state index contributed by atoms with van der Waals surface area (Å²) in [5.74, 6) is -0.303. The van der Waals surface area contributed by atoms with E-state index in [2.05, 4.69) is 0 Å². The highest BCUT2D eigenvalue weighted by atomic mass is 35.5. The second-order valence-corrected chi connectivity index (χ2v) is 3.23. The van der Waals surface area contributed by atoms with Gasteiger partial charge in [0.1, 0.15) is 0 Å². The molecule has 0 atom stereocenters. The Balaban J connectivity index is 3.31. The number of nitrogen functional groups attached to an aromatic ring is 1. The van der Waals surface area contributed by atoms with Crippen LogP contribution in [-0.4, -0.2) is 5.78 Å². The standard InChI is InChI=1S/C9H8ClF2NO/c1-4(14)5-3-8(13)6(9(11)12)2-7(5)10/h2-3,9H,13H2,1H3. The maximum absolute atomic E-state index is 12.3. The number of Topliss-reactive ketones (excluding diaryl/α,β-unsaturated/α-hetero) is 1. The molecule has 0 unspecified atom stereocenters. The summed E-state index contributed by atoms with van der Waals surface area (Å²) in [5, 5.41) is 0.00185. The number of ketones is 1. The van der Waals surface area contributed by atoms with Crippen molar-refractivity contribution in [3.8, 4) is 0 Å². The van der Waals surface area contributed by atoms with Gasteiger partial charge in [0.15, 0.2) is 5.78 Å². The van der Waals surface area contributed by atoms with Crippen molar-refractivity contribution in [3.05, 3.63) is 28.3 Å². The van der Waals surface area contributed by atoms with Gasteiger partial charge in [0.05, 0.1) is 5.02 Å². The molecule has 0 saturated heterocycles. The minimum absolute atomic E-state index is 0.00185. The fourth-order valence-electron chi connectivity index (χ4n) is 1.06. The molecule has 0 fully saturated rings. The van der Waals surface area contributed by atoms with Gasteiger partial charge in [0.2, 0.25) is 0 Å². The number of hydrogen-bond donors (Lipinski definition) is 1. The molecule has 0 heterocycles. The van der Waals surface area contributed by atoms with Gasteiger partial charge in [-0.05, 0) is 19.1 Å². The molecule has 0 aliphatic carbocycles. The monoisotopic (exact) mass is 219 g/mol. The smallest absolute Gasteiger partial charge is 0.265 e. The Morgan fingerprint density at radius 2 is 2.07 bits per heavy atom. The van der Waals surface area contributed by atoms with E-state index < -0.39 is 6.43 Å². The predicted octanol–water partition coefficient (Wildman–Crippen LogP) is 3.06. The first-order valence-corrected chi connectivity index (χ1v) is 4.19. The lowest BCUT2D eigenvalue weighted by Gasteiger charge is -2.07. The Hall–Kier alpha value is -1.16. The molecule has 0 amide bonds. The Bertz CT molecular complexity index is 379. The molecule has 1 aromatic carbocycles. The Labute approximate surface area is 84.7 Å². The molecule has 1 rings (SSSR count). The largest absolute Gasteiger partial charge is 0.398 e. The van der Waals surface area contributed by atoms with Crippen LogP contribution in [0.3, 0.4) is 0 Å². The van der Waals surface area contributed by atoms with Gasteiger partial charge < -0.3 is 5.73 Å². The van der Waals surface area contributed by atoms with Crippen LogP contribution in [0.4, 0.5) is 14.5 Å². The van der Waals surface area contributed by atoms with Crippen molar-refractivity contribution >= 4 is 23.1 Å². The maximum Gasteiger partial charge on any atom is 0.265 e. The van der Waals surface area contributed by atoms with Crippen LogP contribution in [-0.2, 0) is 0 Å². The lowest BCUT2D eigenvalue weighted by atomic mass is 10.1. The van der Waals surface area contributed by atoms with Crippen LogP contribution in [0.15, 0.2) is 12.1 Å². The molecule has 5 heteroatoms. The fourth-order valence-corrected chi connectivity index (χ4v) is 1.37. The average molecular weight is 220 g/mol. The zero-order valence-corrected chi connectivity index (χ0v) is 8.11. The maximum atomic E-state index is 12.3. The average Bonchev–Trinajstić information content (AvgIpc) is 2.07. The molecule has 0 aromatic heterocycles. The summed E-state index contributed by atoms with van der Waals surface area (Å²) >= 11 is 5.63. The number of anilines is 1. The van der Waals surface area contributed by atoms with Crippen LogP contribution in [0.25, 0.3) is 0 Å². The van der Waals surface area contributed by atoms with Crippen molar-refractivity contribution in [1.82, 2.24) is 0 Å². The molecule has 0 saturated carbocycles. The number of rotatable bonds is 2. The van der Waals surface area contributed by atoms with Crippen LogP contribution in [0.5, 0.6) is 0 Å². The topological polar surface area (TPSA) is 43.1 Å². The highest BCUT2D eigenvalue weighted by molar-refractivity contribution is 6.34. The third-order valence-electron chi connectivity index (χ3n) is 1.79. The Morgan fingerprint density at radius 1 is 1.50 bits per heavy atom. The summed E-state index contributed by atoms with van der Waals surface area (Å²) in [6.07, 6.45) is -2.69. The first-order valence-electron chi connectivity index (χ1n) is 3.81. The number of alkyl halides is 2. The molecule has 1 aromatic rings. The van der Waals surface area contributed by atoms with Crippen LogP contribution in [0.2, 0.25) is 5.02 Å². The molecule has 0 spiro atoms. The molecule has 2 nitrogen and oxygen atoms in total. The lowest BCUT2D eigenvalue weighted by molar-refractivity contribution is 0.101. The zero-order valence-electron chi connectivity index (χ0n) is 7.35. The zero-order chi connectivity index (χ0) is 10.9. The summed E-state index contributed by atoms with van der Waals surface area (Å²) in [6, 6.07) is 2.20. The molecular formula is C9H8ClF2NO. The van der Waals surface area contributed by atoms with Crippen molar-refractivity contribution in [2.75, 3.05) is 5.73 Å². The molecule has 0 radical (unpaired) electrons. The van der Waals surface area contributed by atoms with Gasteiger partial charge in [0, 0.05) is 16.8 Å². The van der Waals surface area contributed by atoms with E-state index >= 15 is 0 Å². The molecule has 0 bridgehead atoms. The van der Waals surface area contributed by atoms with E-state index in [1.807, 2.05) is 0 Å². The second-order valence-electron chi connectivity index (χ2n) is 2.82. The number of nitrogens with two attached hydrogens (primary N) is 1. The van der Waals surface area contributed by atoms with Crippen LogP contribution < -0.4 is 5.73 Å². The number of hydrogen-bond acceptors (Lipinski definition) is 2. The van der Waals surface area contributed by atoms with Crippen molar-refractivity contribution < 1.29 is 13.6 Å². The molecule has 0 aliphatic rings. The predicted molar refractivity (Wildman–Crippen MR) is 50.8 cm³/mol. The summed E-state index contributed by atoms with van der Waals surface area (Å²) in [6.45, 7) is 1.29. The Kier molecular flexibility index (Phi) is 3.06. The number of halogens is 3. The van der Waals surface area contributed by atoms with Crippen molar-refractivity contribution in [2.24, 2.45) is 0 Å². The van der Waals surface area contributed by atoms with E-state index in [-0.39, 0.29) is 27.6 Å². The molecule has 2 N–H and O–H groups in total. The summed E-state index contributed by atoms with van der Waals surface area (Å²) in [5.41, 5.74) is 5.04. The minimum atomic E-state index is -2.69. The third-order valence-corrected chi connectivity index (χ3v) is 2.10. The fraction of sp³-hybridized carbons (Fsp3) is 0.222. The van der Waals surface area contributed by atoms with Gasteiger partial charge >= 0.3 is 0 Å². The molecule has 14 heavy (non-hydrogen) atoms. The number of benzene rings is 1. The van der Waals surface area contributed by atoms with Gasteiger partial charge in [-0.2, -0.15) is 0 Å². The van der Waals surface area contributed by atoms with Crippen LogP contribution in [0, 0.1) is 0 Å². The summed E-state index contributed by atoms with van der Waals surface area (Å²) < 4.78 is 24.6. The van der Waals surface area contributed by atoms with Crippen molar-refractivity contribution in [3.63, 3.8) is 0 Å². The molecular weight excluding hydrogens is 212 g/mol. The lowest BCUT2D eigenvalue weighted by Crippen LogP contribution is -2.00. The minimum Gasteiger partial charge on any atom is -0.398 e. The van der Waals surface area contributed by atoms with Gasteiger partial charge in [-0.25, -0.2) is 8.78 Å². The number of carbonyl (C=O) groups is 1. The van der Waals surface area contributed by atoms with Crippen molar-refractivity contribution in [2.45, 2.75) is 13.3 Å². The van der Waals surface area contributed by atoms with E-state index in [0.717, 1.165) is 6.07 Å².